The maximum Gasteiger partial charge on any atom is 0.189 e. The predicted molar refractivity (Wildman–Crippen MR) is 65.4 cm³/mol. The molecule has 0 spiro atoms. The SMILES string of the molecule is CC(CS(C)=O)NC(N)=NC1CCCC1. The third-order valence-corrected chi connectivity index (χ3v) is 3.49. The van der Waals surface area contributed by atoms with Crippen LogP contribution in [-0.2, 0) is 10.8 Å². The highest BCUT2D eigenvalue weighted by Gasteiger charge is 2.14. The molecule has 1 rings (SSSR count). The van der Waals surface area contributed by atoms with Gasteiger partial charge in [0.05, 0.1) is 6.04 Å². The van der Waals surface area contributed by atoms with Gasteiger partial charge in [0.2, 0.25) is 0 Å². The fourth-order valence-electron chi connectivity index (χ4n) is 1.91. The summed E-state index contributed by atoms with van der Waals surface area (Å²) in [6.07, 6.45) is 6.52. The van der Waals surface area contributed by atoms with E-state index in [1.807, 2.05) is 6.92 Å². The van der Waals surface area contributed by atoms with E-state index in [1.54, 1.807) is 6.26 Å². The van der Waals surface area contributed by atoms with Gasteiger partial charge in [0.25, 0.3) is 0 Å². The number of nitrogens with two attached hydrogens (primary N) is 1. The summed E-state index contributed by atoms with van der Waals surface area (Å²) < 4.78 is 11.0. The molecule has 0 amide bonds. The zero-order valence-electron chi connectivity index (χ0n) is 9.53. The molecular weight excluding hydrogens is 210 g/mol. The first-order valence-corrected chi connectivity index (χ1v) is 7.20. The van der Waals surface area contributed by atoms with Gasteiger partial charge < -0.3 is 11.1 Å². The third kappa shape index (κ3) is 5.16. The summed E-state index contributed by atoms with van der Waals surface area (Å²) >= 11 is 0. The van der Waals surface area contributed by atoms with Gasteiger partial charge in [0.1, 0.15) is 0 Å². The first kappa shape index (κ1) is 12.5. The van der Waals surface area contributed by atoms with Crippen LogP contribution in [-0.4, -0.2) is 34.3 Å². The molecule has 5 heteroatoms. The monoisotopic (exact) mass is 231 g/mol. The smallest absolute Gasteiger partial charge is 0.189 e. The van der Waals surface area contributed by atoms with Crippen molar-refractivity contribution in [3.8, 4) is 0 Å². The lowest BCUT2D eigenvalue weighted by molar-refractivity contribution is 0.661. The van der Waals surface area contributed by atoms with Crippen molar-refractivity contribution in [3.63, 3.8) is 0 Å². The predicted octanol–water partition coefficient (Wildman–Crippen LogP) is 0.600. The van der Waals surface area contributed by atoms with Crippen LogP contribution in [0.2, 0.25) is 0 Å². The largest absolute Gasteiger partial charge is 0.370 e. The second kappa shape index (κ2) is 6.10. The molecule has 1 aliphatic rings. The van der Waals surface area contributed by atoms with Crippen LogP contribution in [0.25, 0.3) is 0 Å². The van der Waals surface area contributed by atoms with Gasteiger partial charge in [0, 0.05) is 28.9 Å². The number of hydrogen-bond acceptors (Lipinski definition) is 2. The fourth-order valence-corrected chi connectivity index (χ4v) is 2.70. The summed E-state index contributed by atoms with van der Waals surface area (Å²) in [5.74, 6) is 1.11. The van der Waals surface area contributed by atoms with Crippen LogP contribution < -0.4 is 11.1 Å². The molecule has 0 radical (unpaired) electrons. The van der Waals surface area contributed by atoms with Crippen molar-refractivity contribution >= 4 is 16.8 Å². The van der Waals surface area contributed by atoms with Crippen molar-refractivity contribution in [2.45, 2.75) is 44.7 Å². The Morgan fingerprint density at radius 3 is 2.73 bits per heavy atom. The van der Waals surface area contributed by atoms with Crippen molar-refractivity contribution in [3.05, 3.63) is 0 Å². The molecule has 1 aliphatic carbocycles. The van der Waals surface area contributed by atoms with E-state index in [2.05, 4.69) is 10.3 Å². The minimum absolute atomic E-state index is 0.126. The Morgan fingerprint density at radius 1 is 1.60 bits per heavy atom. The Balaban J connectivity index is 2.32. The van der Waals surface area contributed by atoms with Crippen molar-refractivity contribution in [2.24, 2.45) is 10.7 Å². The lowest BCUT2D eigenvalue weighted by atomic mass is 10.3. The van der Waals surface area contributed by atoms with Crippen LogP contribution in [0.4, 0.5) is 0 Å². The molecule has 2 atom stereocenters. The Morgan fingerprint density at radius 2 is 2.20 bits per heavy atom. The Labute approximate surface area is 94.2 Å². The molecule has 15 heavy (non-hydrogen) atoms. The summed E-state index contributed by atoms with van der Waals surface area (Å²) in [6.45, 7) is 1.97. The zero-order chi connectivity index (χ0) is 11.3. The number of rotatable bonds is 4. The number of guanidine groups is 1. The van der Waals surface area contributed by atoms with Crippen LogP contribution in [0.3, 0.4) is 0 Å². The standard InChI is InChI=1S/C10H21N3OS/c1-8(7-15(2)14)12-10(11)13-9-5-3-4-6-9/h8-9H,3-7H2,1-2H3,(H3,11,12,13). The highest BCUT2D eigenvalue weighted by molar-refractivity contribution is 7.84. The average molecular weight is 231 g/mol. The second-order valence-corrected chi connectivity index (χ2v) is 5.72. The number of nitrogens with one attached hydrogen (secondary N) is 1. The lowest BCUT2D eigenvalue weighted by Crippen LogP contribution is -2.41. The summed E-state index contributed by atoms with van der Waals surface area (Å²) in [6, 6.07) is 0.526. The summed E-state index contributed by atoms with van der Waals surface area (Å²) in [5, 5.41) is 3.07. The normalized spacial score (nSPS) is 22.7. The molecule has 1 saturated carbocycles. The van der Waals surface area contributed by atoms with Gasteiger partial charge in [-0.05, 0) is 19.8 Å². The minimum Gasteiger partial charge on any atom is -0.370 e. The van der Waals surface area contributed by atoms with Gasteiger partial charge in [-0.3, -0.25) is 9.20 Å². The molecule has 2 unspecified atom stereocenters. The van der Waals surface area contributed by atoms with E-state index in [0.717, 1.165) is 12.8 Å². The van der Waals surface area contributed by atoms with Crippen LogP contribution in [0.1, 0.15) is 32.6 Å². The minimum atomic E-state index is -0.789. The number of nitrogens with zero attached hydrogens (tertiary/aromatic N) is 1. The first-order chi connectivity index (χ1) is 7.08. The highest BCUT2D eigenvalue weighted by Crippen LogP contribution is 2.20. The summed E-state index contributed by atoms with van der Waals surface area (Å²) in [4.78, 5) is 4.41. The van der Waals surface area contributed by atoms with Gasteiger partial charge in [-0.2, -0.15) is 0 Å². The van der Waals surface area contributed by atoms with Crippen LogP contribution in [0.15, 0.2) is 4.99 Å². The third-order valence-electron chi connectivity index (χ3n) is 2.53. The molecule has 3 N–H and O–H groups in total. The maximum absolute atomic E-state index is 11.0. The Hall–Kier alpha value is -0.580. The fraction of sp³-hybridized carbons (Fsp3) is 0.900. The van der Waals surface area contributed by atoms with Crippen LogP contribution >= 0.6 is 0 Å². The van der Waals surface area contributed by atoms with E-state index in [4.69, 9.17) is 5.73 Å². The van der Waals surface area contributed by atoms with E-state index in [-0.39, 0.29) is 6.04 Å². The molecule has 0 aromatic rings. The van der Waals surface area contributed by atoms with Crippen LogP contribution in [0, 0.1) is 0 Å². The topological polar surface area (TPSA) is 67.5 Å². The molecule has 1 fully saturated rings. The summed E-state index contributed by atoms with van der Waals surface area (Å²) in [5.41, 5.74) is 5.77. The Bertz CT molecular complexity index is 249. The van der Waals surface area contributed by atoms with Crippen molar-refractivity contribution < 1.29 is 4.21 Å². The van der Waals surface area contributed by atoms with Crippen molar-refractivity contribution in [1.29, 1.82) is 0 Å². The molecule has 0 aliphatic heterocycles. The molecular formula is C10H21N3OS. The van der Waals surface area contributed by atoms with E-state index in [0.29, 0.717) is 17.8 Å². The van der Waals surface area contributed by atoms with E-state index in [9.17, 15) is 4.21 Å². The molecule has 0 aromatic heterocycles. The van der Waals surface area contributed by atoms with E-state index < -0.39 is 10.8 Å². The quantitative estimate of drug-likeness (QED) is 0.550. The first-order valence-electron chi connectivity index (χ1n) is 5.47. The van der Waals surface area contributed by atoms with E-state index in [1.165, 1.54) is 12.8 Å². The average Bonchev–Trinajstić information content (AvgIpc) is 2.53. The van der Waals surface area contributed by atoms with Gasteiger partial charge in [-0.25, -0.2) is 0 Å². The van der Waals surface area contributed by atoms with E-state index >= 15 is 0 Å². The van der Waals surface area contributed by atoms with Crippen molar-refractivity contribution in [2.75, 3.05) is 12.0 Å². The van der Waals surface area contributed by atoms with Crippen molar-refractivity contribution in [1.82, 2.24) is 5.32 Å². The molecule has 4 nitrogen and oxygen atoms in total. The van der Waals surface area contributed by atoms with Gasteiger partial charge in [-0.1, -0.05) is 12.8 Å². The molecule has 88 valence electrons. The number of hydrogen-bond donors (Lipinski definition) is 2. The van der Waals surface area contributed by atoms with Gasteiger partial charge in [0.15, 0.2) is 5.96 Å². The lowest BCUT2D eigenvalue weighted by Gasteiger charge is -2.14. The molecule has 0 saturated heterocycles. The second-order valence-electron chi connectivity index (χ2n) is 4.24. The molecule has 0 bridgehead atoms. The highest BCUT2D eigenvalue weighted by atomic mass is 32.2. The zero-order valence-corrected chi connectivity index (χ0v) is 10.3. The number of aliphatic imine (C=N–C) groups is 1. The summed E-state index contributed by atoms with van der Waals surface area (Å²) in [7, 11) is -0.789. The van der Waals surface area contributed by atoms with Gasteiger partial charge >= 0.3 is 0 Å². The van der Waals surface area contributed by atoms with Gasteiger partial charge in [-0.15, -0.1) is 0 Å². The van der Waals surface area contributed by atoms with Crippen LogP contribution in [0.5, 0.6) is 0 Å². The maximum atomic E-state index is 11.0. The molecule has 0 aromatic carbocycles. The molecule has 0 heterocycles. The Kier molecular flexibility index (Phi) is 5.08.